The Hall–Kier alpha value is -1.03. The van der Waals surface area contributed by atoms with E-state index in [0.29, 0.717) is 11.0 Å². The lowest BCUT2D eigenvalue weighted by atomic mass is 9.82. The molecule has 0 bridgehead atoms. The average molecular weight is 775 g/mol. The van der Waals surface area contributed by atoms with Crippen LogP contribution in [0.4, 0.5) is 74.6 Å². The topological polar surface area (TPSA) is 46.2 Å². The van der Waals surface area contributed by atoms with Crippen molar-refractivity contribution >= 4 is 10.0 Å². The van der Waals surface area contributed by atoms with E-state index in [1.54, 1.807) is 21.1 Å². The number of quaternary nitrogens is 1. The van der Waals surface area contributed by atoms with E-state index in [1.807, 2.05) is 4.72 Å². The molecule has 0 heterocycles. The molecule has 0 radical (unpaired) electrons. The lowest BCUT2D eigenvalue weighted by Crippen LogP contribution is -3.00. The highest BCUT2D eigenvalue weighted by molar-refractivity contribution is 7.89. The molecule has 4 atom stereocenters. The van der Waals surface area contributed by atoms with Crippen LogP contribution in [0, 0.1) is 17.8 Å². The van der Waals surface area contributed by atoms with Gasteiger partial charge in [0.1, 0.15) is 0 Å². The third-order valence-corrected chi connectivity index (χ3v) is 8.25. The average Bonchev–Trinajstić information content (AvgIpc) is 2.72. The third kappa shape index (κ3) is 19.1. The lowest BCUT2D eigenvalue weighted by Gasteiger charge is -2.33. The van der Waals surface area contributed by atoms with Crippen molar-refractivity contribution in [1.82, 2.24) is 4.72 Å². The zero-order valence-electron chi connectivity index (χ0n) is 25.3. The number of hydrogen-bond acceptors (Lipinski definition) is 2. The Labute approximate surface area is 266 Å². The van der Waals surface area contributed by atoms with Gasteiger partial charge in [-0.3, -0.25) is 0 Å². The normalized spacial score (nSPS) is 17.9. The van der Waals surface area contributed by atoms with E-state index in [2.05, 4.69) is 0 Å². The Morgan fingerprint density at radius 2 is 1.06 bits per heavy atom. The molecule has 0 aliphatic carbocycles. The van der Waals surface area contributed by atoms with E-state index in [9.17, 15) is 83.1 Å². The smallest absolute Gasteiger partial charge is 0.422 e. The first-order valence-corrected chi connectivity index (χ1v) is 15.0. The highest BCUT2D eigenvalue weighted by Crippen LogP contribution is 2.50. The second kappa shape index (κ2) is 16.3. The van der Waals surface area contributed by atoms with Gasteiger partial charge in [-0.15, -0.1) is 0 Å². The van der Waals surface area contributed by atoms with E-state index in [-0.39, 0.29) is 25.4 Å². The summed E-state index contributed by atoms with van der Waals surface area (Å²) in [7, 11) is 0.683. The lowest BCUT2D eigenvalue weighted by molar-refractivity contribution is -0.870. The first-order valence-electron chi connectivity index (χ1n) is 13.4. The maximum Gasteiger partial charge on any atom is 0.422 e. The number of nitrogens with one attached hydrogen (secondary N) is 1. The molecular weight excluding hydrogens is 739 g/mol. The van der Waals surface area contributed by atoms with Crippen LogP contribution in [0.1, 0.15) is 51.9 Å². The molecule has 0 aromatic rings. The zero-order chi connectivity index (χ0) is 37.0. The van der Waals surface area contributed by atoms with Crippen molar-refractivity contribution in [2.24, 2.45) is 17.8 Å². The Bertz CT molecular complexity index is 1050. The fourth-order valence-electron chi connectivity index (χ4n) is 4.41. The standard InChI is InChI=1S/C24H36F17N2O2S.ClH/c1-18(25,24(39,40)41)13-20(28,29)14-19(26,27)12-17(23(36,37)38)11-16(22(33,34)35)10-15(21(30,31)32)6-9-46(44,45)42-7-5-8-43(2,3)4;/h15-17,42H,5-14H2,1-4H3;1H/q+1;/p-1. The van der Waals surface area contributed by atoms with Crippen LogP contribution in [0.5, 0.6) is 0 Å². The highest BCUT2D eigenvalue weighted by Gasteiger charge is 2.60. The van der Waals surface area contributed by atoms with Gasteiger partial charge >= 0.3 is 24.7 Å². The fraction of sp³-hybridized carbons (Fsp3) is 1.00. The molecule has 1 N–H and O–H groups in total. The van der Waals surface area contributed by atoms with E-state index < -0.39 is 121 Å². The van der Waals surface area contributed by atoms with Gasteiger partial charge in [-0.1, -0.05) is 0 Å². The minimum Gasteiger partial charge on any atom is -1.00 e. The summed E-state index contributed by atoms with van der Waals surface area (Å²) in [5.74, 6) is -22.9. The Morgan fingerprint density at radius 1 is 0.638 bits per heavy atom. The predicted molar refractivity (Wildman–Crippen MR) is 131 cm³/mol. The van der Waals surface area contributed by atoms with Crippen LogP contribution in [0.25, 0.3) is 0 Å². The largest absolute Gasteiger partial charge is 1.00 e. The molecule has 0 aliphatic heterocycles. The SMILES string of the molecule is CC(F)(CC(F)(F)CC(F)(F)CC(CC(CC(CCS(=O)(=O)NCCC[N+](C)(C)C)C(F)(F)F)C(F)(F)F)C(F)(F)F)C(F)(F)F.[Cl-]. The molecule has 23 heteroatoms. The molecule has 47 heavy (non-hydrogen) atoms. The summed E-state index contributed by atoms with van der Waals surface area (Å²) in [6.45, 7) is -0.321. The molecule has 0 rings (SSSR count). The van der Waals surface area contributed by atoms with Gasteiger partial charge in [-0.25, -0.2) is 35.1 Å². The molecule has 0 saturated carbocycles. The predicted octanol–water partition coefficient (Wildman–Crippen LogP) is 5.44. The van der Waals surface area contributed by atoms with Crippen LogP contribution in [0.3, 0.4) is 0 Å². The number of rotatable bonds is 18. The molecule has 0 aliphatic rings. The fourth-order valence-corrected chi connectivity index (χ4v) is 5.60. The minimum absolute atomic E-state index is 0. The summed E-state index contributed by atoms with van der Waals surface area (Å²) < 4.78 is 257. The van der Waals surface area contributed by atoms with E-state index in [1.165, 1.54) is 0 Å². The number of halogens is 18. The third-order valence-electron chi connectivity index (χ3n) is 6.83. The van der Waals surface area contributed by atoms with Gasteiger partial charge in [-0.05, 0) is 26.2 Å². The first kappa shape index (κ1) is 48.1. The molecule has 0 saturated heterocycles. The van der Waals surface area contributed by atoms with Gasteiger partial charge in [-0.2, -0.15) is 52.7 Å². The summed E-state index contributed by atoms with van der Waals surface area (Å²) in [5, 5.41) is 0. The Morgan fingerprint density at radius 3 is 1.45 bits per heavy atom. The molecule has 0 aromatic heterocycles. The van der Waals surface area contributed by atoms with Gasteiger partial charge in [0.15, 0.2) is 0 Å². The molecule has 4 nitrogen and oxygen atoms in total. The second-order valence-electron chi connectivity index (χ2n) is 12.5. The summed E-state index contributed by atoms with van der Waals surface area (Å²) in [5.41, 5.74) is -4.79. The van der Waals surface area contributed by atoms with Crippen LogP contribution >= 0.6 is 0 Å². The summed E-state index contributed by atoms with van der Waals surface area (Å²) in [4.78, 5) is 0. The second-order valence-corrected chi connectivity index (χ2v) is 14.4. The molecule has 0 amide bonds. The maximum absolute atomic E-state index is 14.3. The van der Waals surface area contributed by atoms with Crippen molar-refractivity contribution in [2.75, 3.05) is 40.0 Å². The molecule has 0 fully saturated rings. The van der Waals surface area contributed by atoms with Crippen LogP contribution in [0.2, 0.25) is 0 Å². The van der Waals surface area contributed by atoms with E-state index in [0.717, 1.165) is 0 Å². The van der Waals surface area contributed by atoms with Crippen molar-refractivity contribution in [1.29, 1.82) is 0 Å². The highest BCUT2D eigenvalue weighted by atomic mass is 35.5. The molecular formula is C24H36ClF17N2O2S. The summed E-state index contributed by atoms with van der Waals surface area (Å²) >= 11 is 0. The van der Waals surface area contributed by atoms with Crippen molar-refractivity contribution in [2.45, 2.75) is 94.1 Å². The van der Waals surface area contributed by atoms with E-state index in [4.69, 9.17) is 0 Å². The summed E-state index contributed by atoms with van der Waals surface area (Å²) in [6.07, 6.45) is -38.8. The Balaban J connectivity index is 0. The molecule has 0 spiro atoms. The molecule has 286 valence electrons. The van der Waals surface area contributed by atoms with Crippen molar-refractivity contribution < 1.29 is 99.9 Å². The van der Waals surface area contributed by atoms with Gasteiger partial charge in [0.2, 0.25) is 15.7 Å². The van der Waals surface area contributed by atoms with Crippen LogP contribution in [-0.2, 0) is 10.0 Å². The van der Waals surface area contributed by atoms with Crippen molar-refractivity contribution in [3.63, 3.8) is 0 Å². The number of hydrogen-bond donors (Lipinski definition) is 1. The minimum atomic E-state index is -6.06. The number of sulfonamides is 1. The molecule has 4 unspecified atom stereocenters. The zero-order valence-corrected chi connectivity index (χ0v) is 26.9. The van der Waals surface area contributed by atoms with E-state index >= 15 is 0 Å². The van der Waals surface area contributed by atoms with Crippen molar-refractivity contribution in [3.05, 3.63) is 0 Å². The Kier molecular flexibility index (Phi) is 16.7. The van der Waals surface area contributed by atoms with Crippen LogP contribution in [-0.4, -0.2) is 95.1 Å². The molecule has 0 aromatic carbocycles. The van der Waals surface area contributed by atoms with Crippen LogP contribution < -0.4 is 17.1 Å². The van der Waals surface area contributed by atoms with Gasteiger partial charge < -0.3 is 16.9 Å². The van der Waals surface area contributed by atoms with Gasteiger partial charge in [0.25, 0.3) is 11.8 Å². The monoisotopic (exact) mass is 774 g/mol. The number of nitrogens with zero attached hydrogens (tertiary/aromatic N) is 1. The number of alkyl halides is 17. The summed E-state index contributed by atoms with van der Waals surface area (Å²) in [6, 6.07) is 0. The van der Waals surface area contributed by atoms with Gasteiger partial charge in [0.05, 0.1) is 64.0 Å². The van der Waals surface area contributed by atoms with Gasteiger partial charge in [0, 0.05) is 19.4 Å². The maximum atomic E-state index is 14.3. The van der Waals surface area contributed by atoms with Crippen LogP contribution in [0.15, 0.2) is 0 Å². The quantitative estimate of drug-likeness (QED) is 0.115. The first-order chi connectivity index (χ1) is 19.9. The van der Waals surface area contributed by atoms with Crippen molar-refractivity contribution in [3.8, 4) is 0 Å².